The van der Waals surface area contributed by atoms with Crippen LogP contribution in [0.25, 0.3) is 0 Å². The van der Waals surface area contributed by atoms with Gasteiger partial charge in [0.15, 0.2) is 0 Å². The highest BCUT2D eigenvalue weighted by atomic mass is 16.2. The first-order chi connectivity index (χ1) is 16.4. The second-order valence-electron chi connectivity index (χ2n) is 8.25. The predicted molar refractivity (Wildman–Crippen MR) is 130 cm³/mol. The molecule has 0 unspecified atom stereocenters. The fraction of sp³-hybridized carbons (Fsp3) is 0.185. The highest BCUT2D eigenvalue weighted by Gasteiger charge is 2.37. The average Bonchev–Trinajstić information content (AvgIpc) is 3.08. The van der Waals surface area contributed by atoms with Gasteiger partial charge in [0.2, 0.25) is 11.8 Å². The Balaban J connectivity index is 1.60. The van der Waals surface area contributed by atoms with E-state index in [1.807, 2.05) is 50.2 Å². The molecule has 3 aromatic carbocycles. The van der Waals surface area contributed by atoms with Crippen LogP contribution in [-0.4, -0.2) is 47.7 Å². The van der Waals surface area contributed by atoms with Crippen molar-refractivity contribution in [2.45, 2.75) is 19.9 Å². The smallest absolute Gasteiger partial charge is 0.262 e. The lowest BCUT2D eigenvalue weighted by molar-refractivity contribution is -0.122. The van der Waals surface area contributed by atoms with E-state index in [1.54, 1.807) is 53.4 Å². The van der Waals surface area contributed by atoms with Gasteiger partial charge in [-0.25, -0.2) is 0 Å². The third kappa shape index (κ3) is 4.45. The average molecular weight is 456 g/mol. The van der Waals surface area contributed by atoms with E-state index in [0.717, 1.165) is 10.6 Å². The molecule has 3 aromatic rings. The zero-order chi connectivity index (χ0) is 24.2. The zero-order valence-electron chi connectivity index (χ0n) is 19.0. The van der Waals surface area contributed by atoms with E-state index in [1.165, 1.54) is 4.90 Å². The molecule has 0 atom stereocenters. The summed E-state index contributed by atoms with van der Waals surface area (Å²) < 4.78 is 0. The van der Waals surface area contributed by atoms with E-state index >= 15 is 0 Å². The maximum absolute atomic E-state index is 13.4. The van der Waals surface area contributed by atoms with E-state index in [4.69, 9.17) is 0 Å². The lowest BCUT2D eigenvalue weighted by atomic mass is 10.1. The van der Waals surface area contributed by atoms with Gasteiger partial charge in [-0.05, 0) is 50.2 Å². The number of amides is 4. The van der Waals surface area contributed by atoms with Gasteiger partial charge >= 0.3 is 0 Å². The van der Waals surface area contributed by atoms with Crippen molar-refractivity contribution in [3.8, 4) is 0 Å². The van der Waals surface area contributed by atoms with E-state index in [2.05, 4.69) is 0 Å². The van der Waals surface area contributed by atoms with Crippen LogP contribution >= 0.6 is 0 Å². The van der Waals surface area contributed by atoms with Crippen molar-refractivity contribution in [3.05, 3.63) is 96.1 Å². The van der Waals surface area contributed by atoms with E-state index < -0.39 is 24.3 Å². The fourth-order valence-electron chi connectivity index (χ4n) is 4.06. The van der Waals surface area contributed by atoms with Gasteiger partial charge in [0.1, 0.15) is 13.1 Å². The van der Waals surface area contributed by atoms with E-state index in [9.17, 15) is 19.2 Å². The number of para-hydroxylation sites is 2. The van der Waals surface area contributed by atoms with Crippen LogP contribution in [0.15, 0.2) is 84.9 Å². The van der Waals surface area contributed by atoms with Crippen LogP contribution in [-0.2, 0) is 9.59 Å². The normalized spacial score (nSPS) is 12.6. The molecule has 1 aliphatic rings. The first-order valence-corrected chi connectivity index (χ1v) is 11.1. The molecule has 0 bridgehead atoms. The predicted octanol–water partition coefficient (Wildman–Crippen LogP) is 3.76. The molecule has 0 spiro atoms. The number of benzene rings is 3. The Kier molecular flexibility index (Phi) is 6.54. The summed E-state index contributed by atoms with van der Waals surface area (Å²) in [5.41, 5.74) is 1.79. The Bertz CT molecular complexity index is 1190. The molecule has 0 fully saturated rings. The lowest BCUT2D eigenvalue weighted by Crippen LogP contribution is -2.49. The Morgan fingerprint density at radius 3 is 1.68 bits per heavy atom. The summed E-state index contributed by atoms with van der Waals surface area (Å²) in [7, 11) is 0. The number of anilines is 2. The number of fused-ring (bicyclic) bond motifs is 1. The second-order valence-corrected chi connectivity index (χ2v) is 8.25. The maximum Gasteiger partial charge on any atom is 0.262 e. The van der Waals surface area contributed by atoms with Crippen LogP contribution in [0.3, 0.4) is 0 Å². The van der Waals surface area contributed by atoms with Crippen LogP contribution < -0.4 is 9.80 Å². The topological polar surface area (TPSA) is 78.0 Å². The number of hydrogen-bond donors (Lipinski definition) is 0. The quantitative estimate of drug-likeness (QED) is 0.509. The van der Waals surface area contributed by atoms with Gasteiger partial charge in [0, 0.05) is 17.4 Å². The molecule has 1 heterocycles. The Morgan fingerprint density at radius 1 is 0.706 bits per heavy atom. The van der Waals surface area contributed by atoms with Crippen LogP contribution in [0.1, 0.15) is 34.6 Å². The summed E-state index contributed by atoms with van der Waals surface area (Å²) in [6, 6.07) is 24.4. The Labute approximate surface area is 198 Å². The molecule has 172 valence electrons. The standard InChI is InChI=1S/C27H25N3O4/c1-19(2)30(21-13-7-4-8-14-21)25(32)18-28(20-11-5-3-6-12-20)24(31)17-29-26(33)22-15-9-10-16-23(22)27(29)34/h3-16,19H,17-18H2,1-2H3. The van der Waals surface area contributed by atoms with E-state index in [-0.39, 0.29) is 29.6 Å². The van der Waals surface area contributed by atoms with Gasteiger partial charge in [0.05, 0.1) is 11.1 Å². The first kappa shape index (κ1) is 22.9. The van der Waals surface area contributed by atoms with Crippen molar-refractivity contribution >= 4 is 35.0 Å². The molecule has 4 amide bonds. The van der Waals surface area contributed by atoms with Gasteiger partial charge in [-0.2, -0.15) is 0 Å². The summed E-state index contributed by atoms with van der Waals surface area (Å²) in [5, 5.41) is 0. The molecular formula is C27H25N3O4. The molecule has 0 radical (unpaired) electrons. The maximum atomic E-state index is 13.4. The zero-order valence-corrected chi connectivity index (χ0v) is 19.0. The minimum absolute atomic E-state index is 0.140. The summed E-state index contributed by atoms with van der Waals surface area (Å²) in [6.07, 6.45) is 0. The SMILES string of the molecule is CC(C)N(C(=O)CN(C(=O)CN1C(=O)c2ccccc2C1=O)c1ccccc1)c1ccccc1. The molecule has 7 heteroatoms. The van der Waals surface area contributed by atoms with Gasteiger partial charge in [-0.3, -0.25) is 24.1 Å². The van der Waals surface area contributed by atoms with Crippen molar-refractivity contribution < 1.29 is 19.2 Å². The molecular weight excluding hydrogens is 430 g/mol. The van der Waals surface area contributed by atoms with Crippen molar-refractivity contribution in [2.75, 3.05) is 22.9 Å². The molecule has 4 rings (SSSR count). The number of hydrogen-bond acceptors (Lipinski definition) is 4. The Hall–Kier alpha value is -4.26. The second kappa shape index (κ2) is 9.70. The monoisotopic (exact) mass is 455 g/mol. The molecule has 1 aliphatic heterocycles. The minimum Gasteiger partial charge on any atom is -0.308 e. The van der Waals surface area contributed by atoms with Crippen LogP contribution in [0, 0.1) is 0 Å². The van der Waals surface area contributed by atoms with Crippen molar-refractivity contribution in [1.82, 2.24) is 4.90 Å². The van der Waals surface area contributed by atoms with Gasteiger partial charge < -0.3 is 9.80 Å². The highest BCUT2D eigenvalue weighted by molar-refractivity contribution is 6.23. The van der Waals surface area contributed by atoms with Crippen LogP contribution in [0.2, 0.25) is 0 Å². The highest BCUT2D eigenvalue weighted by Crippen LogP contribution is 2.24. The summed E-state index contributed by atoms with van der Waals surface area (Å²) in [6.45, 7) is 3.11. The van der Waals surface area contributed by atoms with Gasteiger partial charge in [-0.15, -0.1) is 0 Å². The summed E-state index contributed by atoms with van der Waals surface area (Å²) >= 11 is 0. The molecule has 0 saturated heterocycles. The molecule has 0 aromatic heterocycles. The number of nitrogens with zero attached hydrogens (tertiary/aromatic N) is 3. The third-order valence-electron chi connectivity index (χ3n) is 5.65. The van der Waals surface area contributed by atoms with Crippen molar-refractivity contribution in [1.29, 1.82) is 0 Å². The van der Waals surface area contributed by atoms with Gasteiger partial charge in [0.25, 0.3) is 11.8 Å². The largest absolute Gasteiger partial charge is 0.308 e. The first-order valence-electron chi connectivity index (χ1n) is 11.1. The van der Waals surface area contributed by atoms with E-state index in [0.29, 0.717) is 5.69 Å². The third-order valence-corrected chi connectivity index (χ3v) is 5.65. The molecule has 0 N–H and O–H groups in total. The fourth-order valence-corrected chi connectivity index (χ4v) is 4.06. The van der Waals surface area contributed by atoms with Crippen LogP contribution in [0.5, 0.6) is 0 Å². The minimum atomic E-state index is -0.522. The molecule has 7 nitrogen and oxygen atoms in total. The number of imide groups is 1. The number of rotatable bonds is 7. The van der Waals surface area contributed by atoms with Crippen molar-refractivity contribution in [3.63, 3.8) is 0 Å². The van der Waals surface area contributed by atoms with Crippen molar-refractivity contribution in [2.24, 2.45) is 0 Å². The number of carbonyl (C=O) groups is 4. The molecule has 0 saturated carbocycles. The molecule has 0 aliphatic carbocycles. The van der Waals surface area contributed by atoms with Crippen LogP contribution in [0.4, 0.5) is 11.4 Å². The van der Waals surface area contributed by atoms with Gasteiger partial charge in [-0.1, -0.05) is 48.5 Å². The summed E-state index contributed by atoms with van der Waals surface area (Å²) in [5.74, 6) is -1.82. The molecule has 34 heavy (non-hydrogen) atoms. The number of carbonyl (C=O) groups excluding carboxylic acids is 4. The lowest BCUT2D eigenvalue weighted by Gasteiger charge is -2.31. The Morgan fingerprint density at radius 2 is 1.18 bits per heavy atom. The summed E-state index contributed by atoms with van der Waals surface area (Å²) in [4.78, 5) is 56.2.